The number of rotatable bonds is 3. The van der Waals surface area contributed by atoms with Crippen molar-refractivity contribution >= 4 is 32.4 Å². The first kappa shape index (κ1) is 13.6. The fourth-order valence-electron chi connectivity index (χ4n) is 2.34. The van der Waals surface area contributed by atoms with E-state index >= 15 is 0 Å². The molecule has 0 atom stereocenters. The molecule has 0 aliphatic heterocycles. The molecule has 0 saturated carbocycles. The molecule has 0 amide bonds. The molecule has 0 saturated heterocycles. The summed E-state index contributed by atoms with van der Waals surface area (Å²) in [5.41, 5.74) is 8.73. The predicted octanol–water partition coefficient (Wildman–Crippen LogP) is 4.33. The molecule has 3 aromatic rings. The van der Waals surface area contributed by atoms with Gasteiger partial charge in [-0.15, -0.1) is 11.3 Å². The second-order valence-electron chi connectivity index (χ2n) is 4.64. The Bertz CT molecular complexity index is 793. The van der Waals surface area contributed by atoms with E-state index in [9.17, 15) is 4.79 Å². The molecule has 0 bridgehead atoms. The van der Waals surface area contributed by atoms with Gasteiger partial charge < -0.3 is 10.5 Å². The van der Waals surface area contributed by atoms with Gasteiger partial charge in [-0.05, 0) is 24.1 Å². The van der Waals surface area contributed by atoms with Gasteiger partial charge in [-0.2, -0.15) is 0 Å². The number of esters is 1. The largest absolute Gasteiger partial charge is 0.462 e. The molecule has 4 heteroatoms. The highest BCUT2D eigenvalue weighted by atomic mass is 32.1. The third-order valence-electron chi connectivity index (χ3n) is 3.30. The summed E-state index contributed by atoms with van der Waals surface area (Å²) in [6.07, 6.45) is 0. The van der Waals surface area contributed by atoms with Crippen LogP contribution in [-0.4, -0.2) is 12.6 Å². The van der Waals surface area contributed by atoms with Crippen LogP contribution in [0.4, 0.5) is 5.00 Å². The minimum Gasteiger partial charge on any atom is -0.462 e. The van der Waals surface area contributed by atoms with Gasteiger partial charge in [0.1, 0.15) is 10.6 Å². The monoisotopic (exact) mass is 297 g/mol. The summed E-state index contributed by atoms with van der Waals surface area (Å²) in [6.45, 7) is 2.13. The molecule has 1 aromatic heterocycles. The van der Waals surface area contributed by atoms with Crippen molar-refractivity contribution in [2.24, 2.45) is 0 Å². The Morgan fingerprint density at radius 1 is 1.14 bits per heavy atom. The van der Waals surface area contributed by atoms with Crippen LogP contribution >= 0.6 is 11.3 Å². The van der Waals surface area contributed by atoms with Crippen LogP contribution in [0.3, 0.4) is 0 Å². The second kappa shape index (κ2) is 5.58. The molecule has 1 heterocycles. The fraction of sp³-hybridized carbons (Fsp3) is 0.118. The molecule has 2 aromatic carbocycles. The van der Waals surface area contributed by atoms with E-state index in [1.54, 1.807) is 6.92 Å². The summed E-state index contributed by atoms with van der Waals surface area (Å²) in [6, 6.07) is 16.1. The lowest BCUT2D eigenvalue weighted by Crippen LogP contribution is -2.05. The average molecular weight is 297 g/mol. The third kappa shape index (κ3) is 2.50. The van der Waals surface area contributed by atoms with Gasteiger partial charge in [-0.3, -0.25) is 0 Å². The highest BCUT2D eigenvalue weighted by Gasteiger charge is 2.18. The van der Waals surface area contributed by atoms with Gasteiger partial charge in [0.15, 0.2) is 0 Å². The SMILES string of the molecule is CCOC(=O)c1c(N)sc2cc(-c3ccccc3)ccc12. The van der Waals surface area contributed by atoms with Gasteiger partial charge in [0, 0.05) is 10.1 Å². The van der Waals surface area contributed by atoms with Crippen LogP contribution in [0.25, 0.3) is 21.2 Å². The number of benzene rings is 2. The lowest BCUT2D eigenvalue weighted by atomic mass is 10.0. The summed E-state index contributed by atoms with van der Waals surface area (Å²) in [5.74, 6) is -0.353. The number of nitrogens with two attached hydrogens (primary N) is 1. The second-order valence-corrected chi connectivity index (χ2v) is 5.72. The van der Waals surface area contributed by atoms with Crippen LogP contribution in [-0.2, 0) is 4.74 Å². The van der Waals surface area contributed by atoms with Crippen LogP contribution in [0.2, 0.25) is 0 Å². The molecule has 106 valence electrons. The molecule has 0 aliphatic rings. The smallest absolute Gasteiger partial charge is 0.341 e. The lowest BCUT2D eigenvalue weighted by molar-refractivity contribution is 0.0530. The van der Waals surface area contributed by atoms with E-state index < -0.39 is 0 Å². The standard InChI is InChI=1S/C17H15NO2S/c1-2-20-17(19)15-13-9-8-12(10-14(13)21-16(15)18)11-6-4-3-5-7-11/h3-10H,2,18H2,1H3. The number of thiophene rings is 1. The van der Waals surface area contributed by atoms with Crippen LogP contribution in [0.5, 0.6) is 0 Å². The number of carbonyl (C=O) groups is 1. The Balaban J connectivity index is 2.11. The van der Waals surface area contributed by atoms with Crippen molar-refractivity contribution in [1.82, 2.24) is 0 Å². The predicted molar refractivity (Wildman–Crippen MR) is 87.6 cm³/mol. The zero-order valence-electron chi connectivity index (χ0n) is 11.6. The van der Waals surface area contributed by atoms with Crippen molar-refractivity contribution in [3.63, 3.8) is 0 Å². The van der Waals surface area contributed by atoms with Gasteiger partial charge in [-0.1, -0.05) is 42.5 Å². The number of nitrogen functional groups attached to an aromatic ring is 1. The van der Waals surface area contributed by atoms with Gasteiger partial charge in [0.2, 0.25) is 0 Å². The maximum atomic E-state index is 12.0. The van der Waals surface area contributed by atoms with Crippen molar-refractivity contribution in [2.75, 3.05) is 12.3 Å². The van der Waals surface area contributed by atoms with E-state index in [-0.39, 0.29) is 5.97 Å². The Morgan fingerprint density at radius 2 is 1.90 bits per heavy atom. The molecular weight excluding hydrogens is 282 g/mol. The number of anilines is 1. The van der Waals surface area contributed by atoms with Crippen molar-refractivity contribution in [2.45, 2.75) is 6.92 Å². The third-order valence-corrected chi connectivity index (χ3v) is 4.29. The van der Waals surface area contributed by atoms with Crippen molar-refractivity contribution in [3.05, 3.63) is 54.1 Å². The number of ether oxygens (including phenoxy) is 1. The summed E-state index contributed by atoms with van der Waals surface area (Å²) in [5, 5.41) is 1.37. The Labute approximate surface area is 127 Å². The number of fused-ring (bicyclic) bond motifs is 1. The van der Waals surface area contributed by atoms with Crippen LogP contribution in [0.1, 0.15) is 17.3 Å². The van der Waals surface area contributed by atoms with E-state index in [0.717, 1.165) is 21.2 Å². The minimum atomic E-state index is -0.353. The number of hydrogen-bond acceptors (Lipinski definition) is 4. The number of carbonyl (C=O) groups excluding carboxylic acids is 1. The fourth-order valence-corrected chi connectivity index (χ4v) is 3.34. The molecule has 21 heavy (non-hydrogen) atoms. The molecule has 0 radical (unpaired) electrons. The van der Waals surface area contributed by atoms with Gasteiger partial charge in [0.05, 0.1) is 6.61 Å². The van der Waals surface area contributed by atoms with Gasteiger partial charge >= 0.3 is 5.97 Å². The van der Waals surface area contributed by atoms with E-state index in [1.165, 1.54) is 11.3 Å². The van der Waals surface area contributed by atoms with E-state index in [2.05, 4.69) is 18.2 Å². The highest BCUT2D eigenvalue weighted by Crippen LogP contribution is 2.36. The summed E-state index contributed by atoms with van der Waals surface area (Å²) >= 11 is 1.42. The minimum absolute atomic E-state index is 0.345. The molecule has 0 aliphatic carbocycles. The summed E-state index contributed by atoms with van der Waals surface area (Å²) < 4.78 is 6.07. The van der Waals surface area contributed by atoms with E-state index in [4.69, 9.17) is 10.5 Å². The maximum absolute atomic E-state index is 12.0. The zero-order valence-corrected chi connectivity index (χ0v) is 12.4. The quantitative estimate of drug-likeness (QED) is 0.732. The topological polar surface area (TPSA) is 52.3 Å². The highest BCUT2D eigenvalue weighted by molar-refractivity contribution is 7.23. The van der Waals surface area contributed by atoms with Crippen molar-refractivity contribution < 1.29 is 9.53 Å². The molecule has 3 rings (SSSR count). The average Bonchev–Trinajstić information content (AvgIpc) is 2.83. The van der Waals surface area contributed by atoms with Gasteiger partial charge in [0.25, 0.3) is 0 Å². The zero-order chi connectivity index (χ0) is 14.8. The first-order valence-electron chi connectivity index (χ1n) is 6.75. The van der Waals surface area contributed by atoms with E-state index in [0.29, 0.717) is 17.2 Å². The van der Waals surface area contributed by atoms with Gasteiger partial charge in [-0.25, -0.2) is 4.79 Å². The molecule has 0 spiro atoms. The maximum Gasteiger partial charge on any atom is 0.341 e. The lowest BCUT2D eigenvalue weighted by Gasteiger charge is -2.03. The van der Waals surface area contributed by atoms with Crippen LogP contribution in [0.15, 0.2) is 48.5 Å². The molecule has 3 nitrogen and oxygen atoms in total. The molecule has 0 unspecified atom stereocenters. The Hall–Kier alpha value is -2.33. The van der Waals surface area contributed by atoms with Crippen LogP contribution in [0, 0.1) is 0 Å². The number of hydrogen-bond donors (Lipinski definition) is 1. The van der Waals surface area contributed by atoms with Crippen molar-refractivity contribution in [3.8, 4) is 11.1 Å². The normalized spacial score (nSPS) is 10.7. The summed E-state index contributed by atoms with van der Waals surface area (Å²) in [4.78, 5) is 12.0. The van der Waals surface area contributed by atoms with E-state index in [1.807, 2.05) is 30.3 Å². The first-order valence-corrected chi connectivity index (χ1v) is 7.57. The Morgan fingerprint density at radius 3 is 2.62 bits per heavy atom. The molecular formula is C17H15NO2S. The Kier molecular flexibility index (Phi) is 3.62. The molecule has 0 fully saturated rings. The molecule has 2 N–H and O–H groups in total. The van der Waals surface area contributed by atoms with Crippen molar-refractivity contribution in [1.29, 1.82) is 0 Å². The first-order chi connectivity index (χ1) is 10.2. The van der Waals surface area contributed by atoms with Crippen LogP contribution < -0.4 is 5.73 Å². The summed E-state index contributed by atoms with van der Waals surface area (Å²) in [7, 11) is 0.